The molecule has 1 aromatic heterocycles. The van der Waals surface area contributed by atoms with Crippen LogP contribution < -0.4 is 10.6 Å². The Labute approximate surface area is 132 Å². The Hall–Kier alpha value is -2.30. The Morgan fingerprint density at radius 2 is 2.22 bits per heavy atom. The highest BCUT2D eigenvalue weighted by Crippen LogP contribution is 2.49. The van der Waals surface area contributed by atoms with Gasteiger partial charge in [0.05, 0.1) is 10.3 Å². The van der Waals surface area contributed by atoms with E-state index in [0.29, 0.717) is 16.7 Å². The van der Waals surface area contributed by atoms with E-state index in [-0.39, 0.29) is 6.42 Å². The maximum atomic E-state index is 13.4. The third-order valence-electron chi connectivity index (χ3n) is 3.03. The van der Waals surface area contributed by atoms with Crippen molar-refractivity contribution in [3.8, 4) is 0 Å². The van der Waals surface area contributed by atoms with Gasteiger partial charge in [0.25, 0.3) is 5.91 Å². The maximum absolute atomic E-state index is 13.4. The fourth-order valence-corrected chi connectivity index (χ4v) is 3.35. The molecule has 0 fully saturated rings. The molecule has 7 nitrogen and oxygen atoms in total. The number of carbonyl (C=O) groups is 1. The quantitative estimate of drug-likeness (QED) is 0.663. The molecule has 0 saturated carbocycles. The molecular formula is C12H11F3N4O3S. The Balaban J connectivity index is 2.71. The molecule has 2 N–H and O–H groups in total. The van der Waals surface area contributed by atoms with E-state index >= 15 is 0 Å². The minimum atomic E-state index is -4.91. The van der Waals surface area contributed by atoms with Crippen LogP contribution in [0.4, 0.5) is 24.7 Å². The first kappa shape index (κ1) is 17.1. The fourth-order valence-electron chi connectivity index (χ4n) is 2.16. The van der Waals surface area contributed by atoms with Crippen LogP contribution in [0.25, 0.3) is 0 Å². The number of alkyl halides is 3. The van der Waals surface area contributed by atoms with Crippen LogP contribution in [0, 0.1) is 10.1 Å². The molecule has 2 heterocycles. The lowest BCUT2D eigenvalue weighted by atomic mass is 10.2. The van der Waals surface area contributed by atoms with Gasteiger partial charge in [0.15, 0.2) is 0 Å². The van der Waals surface area contributed by atoms with Gasteiger partial charge < -0.3 is 10.6 Å². The van der Waals surface area contributed by atoms with Crippen molar-refractivity contribution in [2.45, 2.75) is 24.9 Å². The highest BCUT2D eigenvalue weighted by molar-refractivity contribution is 8.05. The lowest BCUT2D eigenvalue weighted by molar-refractivity contribution is -0.384. The zero-order chi connectivity index (χ0) is 17.4. The van der Waals surface area contributed by atoms with Gasteiger partial charge in [-0.15, -0.1) is 0 Å². The third kappa shape index (κ3) is 3.09. The normalized spacial score (nSPS) is 18.4. The van der Waals surface area contributed by atoms with Crippen molar-refractivity contribution >= 4 is 29.2 Å². The lowest BCUT2D eigenvalue weighted by Crippen LogP contribution is -2.36. The van der Waals surface area contributed by atoms with Crippen molar-refractivity contribution < 1.29 is 22.9 Å². The van der Waals surface area contributed by atoms with Crippen molar-refractivity contribution in [3.05, 3.63) is 39.0 Å². The number of halogens is 3. The number of primary amides is 1. The predicted octanol–water partition coefficient (Wildman–Crippen LogP) is 2.54. The molecule has 1 aliphatic heterocycles. The highest BCUT2D eigenvalue weighted by atomic mass is 32.2. The van der Waals surface area contributed by atoms with Gasteiger partial charge in [0.1, 0.15) is 10.6 Å². The Kier molecular flexibility index (Phi) is 4.50. The summed E-state index contributed by atoms with van der Waals surface area (Å²) in [6.45, 7) is 1.59. The van der Waals surface area contributed by atoms with Crippen molar-refractivity contribution in [1.82, 2.24) is 4.98 Å². The number of hydrogen-bond acceptors (Lipinski definition) is 6. The van der Waals surface area contributed by atoms with E-state index in [1.807, 2.05) is 0 Å². The van der Waals surface area contributed by atoms with Crippen LogP contribution in [0.5, 0.6) is 0 Å². The van der Waals surface area contributed by atoms with Gasteiger partial charge in [0.2, 0.25) is 5.82 Å². The molecule has 1 atom stereocenters. The van der Waals surface area contributed by atoms with Crippen LogP contribution in [-0.2, 0) is 4.79 Å². The van der Waals surface area contributed by atoms with E-state index in [9.17, 15) is 28.1 Å². The first-order chi connectivity index (χ1) is 10.7. The summed E-state index contributed by atoms with van der Waals surface area (Å²) in [4.78, 5) is 25.4. The summed E-state index contributed by atoms with van der Waals surface area (Å²) in [6.07, 6.45) is -3.57. The molecular weight excluding hydrogens is 337 g/mol. The smallest absolute Gasteiger partial charge is 0.365 e. The SMILES string of the molecule is CCC1SC(C(N)=O)=C(C(F)(F)F)N1c1ncccc1[N+](=O)[O-]. The van der Waals surface area contributed by atoms with Crippen LogP contribution in [-0.4, -0.2) is 27.4 Å². The van der Waals surface area contributed by atoms with E-state index < -0.39 is 44.5 Å². The highest BCUT2D eigenvalue weighted by Gasteiger charge is 2.50. The molecule has 0 aliphatic carbocycles. The Morgan fingerprint density at radius 3 is 2.70 bits per heavy atom. The zero-order valence-corrected chi connectivity index (χ0v) is 12.5. The fraction of sp³-hybridized carbons (Fsp3) is 0.333. The summed E-state index contributed by atoms with van der Waals surface area (Å²) in [5.41, 5.74) is 3.14. The van der Waals surface area contributed by atoms with Crippen LogP contribution >= 0.6 is 11.8 Å². The van der Waals surface area contributed by atoms with E-state index in [2.05, 4.69) is 4.98 Å². The molecule has 0 radical (unpaired) electrons. The Bertz CT molecular complexity index is 692. The average molecular weight is 348 g/mol. The zero-order valence-electron chi connectivity index (χ0n) is 11.7. The van der Waals surface area contributed by atoms with E-state index in [1.54, 1.807) is 6.92 Å². The first-order valence-corrected chi connectivity index (χ1v) is 7.23. The van der Waals surface area contributed by atoms with Crippen LogP contribution in [0.15, 0.2) is 28.9 Å². The number of anilines is 1. The molecule has 0 aromatic carbocycles. The second kappa shape index (κ2) is 6.07. The molecule has 0 saturated heterocycles. The predicted molar refractivity (Wildman–Crippen MR) is 77.3 cm³/mol. The number of nitro groups is 1. The number of nitrogens with zero attached hydrogens (tertiary/aromatic N) is 3. The number of amides is 1. The minimum Gasteiger partial charge on any atom is -0.365 e. The molecule has 11 heteroatoms. The summed E-state index contributed by atoms with van der Waals surface area (Å²) in [5.74, 6) is -1.71. The molecule has 23 heavy (non-hydrogen) atoms. The number of aromatic nitrogens is 1. The number of allylic oxidation sites excluding steroid dienone is 1. The van der Waals surface area contributed by atoms with Gasteiger partial charge in [-0.25, -0.2) is 4.98 Å². The first-order valence-electron chi connectivity index (χ1n) is 6.35. The second-order valence-electron chi connectivity index (χ2n) is 4.49. The van der Waals surface area contributed by atoms with Crippen molar-refractivity contribution in [2.24, 2.45) is 5.73 Å². The van der Waals surface area contributed by atoms with Crippen molar-refractivity contribution in [3.63, 3.8) is 0 Å². The largest absolute Gasteiger partial charge is 0.432 e. The Morgan fingerprint density at radius 1 is 1.57 bits per heavy atom. The van der Waals surface area contributed by atoms with Gasteiger partial charge in [-0.05, 0) is 12.5 Å². The molecule has 1 aromatic rings. The van der Waals surface area contributed by atoms with E-state index in [1.165, 1.54) is 6.07 Å². The maximum Gasteiger partial charge on any atom is 0.432 e. The number of thioether (sulfide) groups is 1. The summed E-state index contributed by atoms with van der Waals surface area (Å²) in [7, 11) is 0. The molecule has 0 bridgehead atoms. The van der Waals surface area contributed by atoms with Crippen LogP contribution in [0.3, 0.4) is 0 Å². The molecule has 2 rings (SSSR count). The van der Waals surface area contributed by atoms with Gasteiger partial charge in [0, 0.05) is 12.3 Å². The monoisotopic (exact) mass is 348 g/mol. The number of carbonyl (C=O) groups excluding carboxylic acids is 1. The van der Waals surface area contributed by atoms with Crippen molar-refractivity contribution in [1.29, 1.82) is 0 Å². The van der Waals surface area contributed by atoms with E-state index in [4.69, 9.17) is 5.73 Å². The summed E-state index contributed by atoms with van der Waals surface area (Å²) >= 11 is 0.626. The van der Waals surface area contributed by atoms with E-state index in [0.717, 1.165) is 12.3 Å². The summed E-state index contributed by atoms with van der Waals surface area (Å²) in [5, 5.41) is 10.2. The minimum absolute atomic E-state index is 0.189. The van der Waals surface area contributed by atoms with Crippen molar-refractivity contribution in [2.75, 3.05) is 4.90 Å². The van der Waals surface area contributed by atoms with Gasteiger partial charge in [-0.3, -0.25) is 14.9 Å². The second-order valence-corrected chi connectivity index (χ2v) is 5.68. The molecule has 1 amide bonds. The molecule has 0 spiro atoms. The summed E-state index contributed by atoms with van der Waals surface area (Å²) in [6, 6.07) is 2.30. The molecule has 1 aliphatic rings. The van der Waals surface area contributed by atoms with Gasteiger partial charge >= 0.3 is 11.9 Å². The number of rotatable bonds is 4. The standard InChI is InChI=1S/C12H11F3N4O3S/c1-2-7-18(11-6(19(21)22)4-3-5-17-11)9(12(13,14)15)8(23-7)10(16)20/h3-5,7H,2H2,1H3,(H2,16,20). The van der Waals surface area contributed by atoms with Gasteiger partial charge in [-0.2, -0.15) is 13.2 Å². The summed E-state index contributed by atoms with van der Waals surface area (Å²) < 4.78 is 40.3. The van der Waals surface area contributed by atoms with Crippen LogP contribution in [0.1, 0.15) is 13.3 Å². The third-order valence-corrected chi connectivity index (χ3v) is 4.48. The van der Waals surface area contributed by atoms with Crippen LogP contribution in [0.2, 0.25) is 0 Å². The van der Waals surface area contributed by atoms with Gasteiger partial charge in [-0.1, -0.05) is 18.7 Å². The number of nitrogens with two attached hydrogens (primary N) is 1. The lowest BCUT2D eigenvalue weighted by Gasteiger charge is -2.27. The average Bonchev–Trinajstić information content (AvgIpc) is 2.86. The number of pyridine rings is 1. The molecule has 1 unspecified atom stereocenters. The molecule has 124 valence electrons. The topological polar surface area (TPSA) is 102 Å². The number of hydrogen-bond donors (Lipinski definition) is 1.